The van der Waals surface area contributed by atoms with Gasteiger partial charge in [-0.2, -0.15) is 0 Å². The van der Waals surface area contributed by atoms with E-state index in [9.17, 15) is 4.79 Å². The Morgan fingerprint density at radius 1 is 1.08 bits per heavy atom. The van der Waals surface area contributed by atoms with Gasteiger partial charge >= 0.3 is 0 Å². The van der Waals surface area contributed by atoms with Crippen molar-refractivity contribution < 1.29 is 14.3 Å². The number of aryl methyl sites for hydroxylation is 2. The third-order valence-corrected chi connectivity index (χ3v) is 5.07. The fourth-order valence-electron chi connectivity index (χ4n) is 2.95. The van der Waals surface area contributed by atoms with E-state index in [1.807, 2.05) is 25.1 Å². The second kappa shape index (κ2) is 9.53. The molecular weight excluding hydrogens is 346 g/mol. The van der Waals surface area contributed by atoms with Gasteiger partial charge in [0, 0.05) is 11.3 Å². The highest BCUT2D eigenvalue weighted by atomic mass is 32.2. The van der Waals surface area contributed by atoms with E-state index in [0.29, 0.717) is 5.75 Å². The van der Waals surface area contributed by atoms with Crippen LogP contribution in [0.5, 0.6) is 11.5 Å². The maximum Gasteiger partial charge on any atom is 0.230 e. The van der Waals surface area contributed by atoms with Gasteiger partial charge < -0.3 is 14.8 Å². The monoisotopic (exact) mass is 373 g/mol. The van der Waals surface area contributed by atoms with Crippen LogP contribution in [0.2, 0.25) is 0 Å². The van der Waals surface area contributed by atoms with Gasteiger partial charge in [0.25, 0.3) is 0 Å². The van der Waals surface area contributed by atoms with Crippen LogP contribution in [0.15, 0.2) is 36.4 Å². The van der Waals surface area contributed by atoms with Crippen LogP contribution >= 0.6 is 11.8 Å². The topological polar surface area (TPSA) is 47.6 Å². The molecule has 1 N–H and O–H groups in total. The molecule has 0 aliphatic rings. The number of ether oxygens (including phenoxy) is 2. The molecular formula is C21H27NO3S. The van der Waals surface area contributed by atoms with Gasteiger partial charge in [-0.05, 0) is 44.5 Å². The minimum absolute atomic E-state index is 0.0109. The van der Waals surface area contributed by atoms with E-state index in [1.165, 1.54) is 16.7 Å². The van der Waals surface area contributed by atoms with Crippen LogP contribution in [0.1, 0.15) is 35.2 Å². The molecule has 0 aliphatic carbocycles. The van der Waals surface area contributed by atoms with E-state index in [2.05, 4.69) is 37.4 Å². The average molecular weight is 374 g/mol. The Bertz CT molecular complexity index is 741. The minimum Gasteiger partial charge on any atom is -0.497 e. The molecule has 0 aliphatic heterocycles. The van der Waals surface area contributed by atoms with Crippen molar-refractivity contribution in [3.63, 3.8) is 0 Å². The average Bonchev–Trinajstić information content (AvgIpc) is 2.60. The lowest BCUT2D eigenvalue weighted by molar-refractivity contribution is -0.119. The molecule has 0 saturated carbocycles. The second-order valence-corrected chi connectivity index (χ2v) is 7.37. The number of benzene rings is 2. The van der Waals surface area contributed by atoms with Gasteiger partial charge in [0.15, 0.2) is 0 Å². The summed E-state index contributed by atoms with van der Waals surface area (Å²) >= 11 is 1.62. The lowest BCUT2D eigenvalue weighted by Crippen LogP contribution is -2.28. The van der Waals surface area contributed by atoms with E-state index < -0.39 is 0 Å². The number of rotatable bonds is 8. The Labute approximate surface area is 160 Å². The van der Waals surface area contributed by atoms with Crippen LogP contribution in [0.4, 0.5) is 0 Å². The number of thioether (sulfide) groups is 1. The van der Waals surface area contributed by atoms with Crippen LogP contribution in [0.25, 0.3) is 0 Å². The summed E-state index contributed by atoms with van der Waals surface area (Å²) in [6.45, 7) is 6.14. The van der Waals surface area contributed by atoms with Crippen molar-refractivity contribution in [1.29, 1.82) is 0 Å². The Morgan fingerprint density at radius 2 is 1.77 bits per heavy atom. The Morgan fingerprint density at radius 3 is 2.38 bits per heavy atom. The molecule has 4 nitrogen and oxygen atoms in total. The van der Waals surface area contributed by atoms with Crippen LogP contribution < -0.4 is 14.8 Å². The third-order valence-electron chi connectivity index (χ3n) is 4.06. The first-order valence-electron chi connectivity index (χ1n) is 8.59. The summed E-state index contributed by atoms with van der Waals surface area (Å²) in [6, 6.07) is 11.9. The number of hydrogen-bond donors (Lipinski definition) is 1. The highest BCUT2D eigenvalue weighted by Crippen LogP contribution is 2.29. The molecule has 26 heavy (non-hydrogen) atoms. The molecule has 1 amide bonds. The van der Waals surface area contributed by atoms with Crippen LogP contribution in [-0.2, 0) is 10.5 Å². The maximum atomic E-state index is 12.3. The third kappa shape index (κ3) is 5.70. The number of carbonyl (C=O) groups excluding carboxylic acids is 1. The quantitative estimate of drug-likeness (QED) is 0.743. The zero-order chi connectivity index (χ0) is 19.1. The number of carbonyl (C=O) groups is 1. The van der Waals surface area contributed by atoms with E-state index in [4.69, 9.17) is 9.47 Å². The standard InChI is InChI=1S/C21H27NO3S/c1-14-8-15(2)10-17(9-14)12-26-13-21(23)22-16(3)19-11-18(24-4)6-7-20(19)25-5/h6-11,16H,12-13H2,1-5H3,(H,22,23)/t16-/m1/s1. The first-order chi connectivity index (χ1) is 12.4. The number of methoxy groups -OCH3 is 2. The fraction of sp³-hybridized carbons (Fsp3) is 0.381. The molecule has 0 spiro atoms. The summed E-state index contributed by atoms with van der Waals surface area (Å²) in [5, 5.41) is 3.04. The van der Waals surface area contributed by atoms with E-state index in [1.54, 1.807) is 26.0 Å². The molecule has 2 aromatic carbocycles. The molecule has 2 aromatic rings. The highest BCUT2D eigenvalue weighted by molar-refractivity contribution is 7.99. The van der Waals surface area contributed by atoms with Crippen molar-refractivity contribution in [2.75, 3.05) is 20.0 Å². The molecule has 0 radical (unpaired) electrons. The number of nitrogens with one attached hydrogen (secondary N) is 1. The van der Waals surface area contributed by atoms with Crippen LogP contribution in [0.3, 0.4) is 0 Å². The Kier molecular flexibility index (Phi) is 7.39. The molecule has 1 atom stereocenters. The Balaban J connectivity index is 1.91. The van der Waals surface area contributed by atoms with Crippen molar-refractivity contribution in [2.24, 2.45) is 0 Å². The van der Waals surface area contributed by atoms with Gasteiger partial charge in [-0.3, -0.25) is 4.79 Å². The van der Waals surface area contributed by atoms with Gasteiger partial charge in [-0.25, -0.2) is 0 Å². The van der Waals surface area contributed by atoms with Crippen LogP contribution in [-0.4, -0.2) is 25.9 Å². The zero-order valence-electron chi connectivity index (χ0n) is 16.1. The number of amides is 1. The molecule has 0 bridgehead atoms. The minimum atomic E-state index is -0.158. The fourth-order valence-corrected chi connectivity index (χ4v) is 3.73. The smallest absolute Gasteiger partial charge is 0.230 e. The second-order valence-electron chi connectivity index (χ2n) is 6.39. The predicted octanol–water partition coefficient (Wildman–Crippen LogP) is 4.43. The van der Waals surface area contributed by atoms with E-state index in [-0.39, 0.29) is 11.9 Å². The van der Waals surface area contributed by atoms with Gasteiger partial charge in [-0.1, -0.05) is 29.3 Å². The highest BCUT2D eigenvalue weighted by Gasteiger charge is 2.15. The summed E-state index contributed by atoms with van der Waals surface area (Å²) in [4.78, 5) is 12.3. The lowest BCUT2D eigenvalue weighted by Gasteiger charge is -2.18. The SMILES string of the molecule is COc1ccc(OC)c([C@@H](C)NC(=O)CSCc2cc(C)cc(C)c2)c1. The summed E-state index contributed by atoms with van der Waals surface area (Å²) in [6.07, 6.45) is 0. The summed E-state index contributed by atoms with van der Waals surface area (Å²) in [5.41, 5.74) is 4.66. The molecule has 2 rings (SSSR count). The van der Waals surface area contributed by atoms with Crippen LogP contribution in [0, 0.1) is 13.8 Å². The maximum absolute atomic E-state index is 12.3. The van der Waals surface area contributed by atoms with Gasteiger partial charge in [0.1, 0.15) is 11.5 Å². The van der Waals surface area contributed by atoms with E-state index in [0.717, 1.165) is 22.8 Å². The molecule has 0 saturated heterocycles. The molecule has 0 heterocycles. The van der Waals surface area contributed by atoms with E-state index >= 15 is 0 Å². The molecule has 0 unspecified atom stereocenters. The lowest BCUT2D eigenvalue weighted by atomic mass is 10.1. The van der Waals surface area contributed by atoms with Gasteiger partial charge in [-0.15, -0.1) is 11.8 Å². The summed E-state index contributed by atoms with van der Waals surface area (Å²) < 4.78 is 10.7. The van der Waals surface area contributed by atoms with Crippen molar-refractivity contribution in [3.8, 4) is 11.5 Å². The zero-order valence-corrected chi connectivity index (χ0v) is 16.9. The molecule has 5 heteroatoms. The molecule has 0 fully saturated rings. The summed E-state index contributed by atoms with van der Waals surface area (Å²) in [5.74, 6) is 2.74. The van der Waals surface area contributed by atoms with Gasteiger partial charge in [0.05, 0.1) is 26.0 Å². The molecule has 0 aromatic heterocycles. The number of hydrogen-bond acceptors (Lipinski definition) is 4. The van der Waals surface area contributed by atoms with Crippen molar-refractivity contribution in [1.82, 2.24) is 5.32 Å². The summed E-state index contributed by atoms with van der Waals surface area (Å²) in [7, 11) is 3.25. The normalized spacial score (nSPS) is 11.7. The largest absolute Gasteiger partial charge is 0.497 e. The van der Waals surface area contributed by atoms with Crippen molar-refractivity contribution >= 4 is 17.7 Å². The predicted molar refractivity (Wildman–Crippen MR) is 108 cm³/mol. The Hall–Kier alpha value is -2.14. The van der Waals surface area contributed by atoms with Gasteiger partial charge in [0.2, 0.25) is 5.91 Å². The first-order valence-corrected chi connectivity index (χ1v) is 9.74. The van der Waals surface area contributed by atoms with Crippen molar-refractivity contribution in [2.45, 2.75) is 32.6 Å². The first kappa shape index (κ1) is 20.2. The molecule has 140 valence electrons. The van der Waals surface area contributed by atoms with Crippen molar-refractivity contribution in [3.05, 3.63) is 58.7 Å².